The molecule has 0 amide bonds. The summed E-state index contributed by atoms with van der Waals surface area (Å²) in [7, 11) is 0. The Morgan fingerprint density at radius 1 is 1.09 bits per heavy atom. The summed E-state index contributed by atoms with van der Waals surface area (Å²) in [5.41, 5.74) is 3.14. The van der Waals surface area contributed by atoms with E-state index in [4.69, 9.17) is 14.2 Å². The van der Waals surface area contributed by atoms with Gasteiger partial charge in [0.25, 0.3) is 0 Å². The van der Waals surface area contributed by atoms with Crippen LogP contribution >= 0.6 is 0 Å². The fourth-order valence-corrected chi connectivity index (χ4v) is 4.46. The van der Waals surface area contributed by atoms with Gasteiger partial charge in [-0.15, -0.1) is 0 Å². The second-order valence-corrected chi connectivity index (χ2v) is 8.22. The average Bonchev–Trinajstić information content (AvgIpc) is 2.83. The first kappa shape index (κ1) is 23.4. The number of ketones is 1. The summed E-state index contributed by atoms with van der Waals surface area (Å²) in [6, 6.07) is 14.2. The maximum atomic E-state index is 13.3. The van der Waals surface area contributed by atoms with Crippen molar-refractivity contribution in [2.24, 2.45) is 0 Å². The van der Waals surface area contributed by atoms with Crippen molar-refractivity contribution in [2.75, 3.05) is 19.8 Å². The smallest absolute Gasteiger partial charge is 0.336 e. The number of dihydropyridines is 1. The van der Waals surface area contributed by atoms with Gasteiger partial charge in [0.2, 0.25) is 0 Å². The number of para-hydroxylation sites is 1. The number of esters is 1. The fourth-order valence-electron chi connectivity index (χ4n) is 4.46. The summed E-state index contributed by atoms with van der Waals surface area (Å²) >= 11 is 0. The van der Waals surface area contributed by atoms with E-state index in [2.05, 4.69) is 5.32 Å². The van der Waals surface area contributed by atoms with E-state index in [0.717, 1.165) is 18.5 Å². The predicted molar refractivity (Wildman–Crippen MR) is 127 cm³/mol. The van der Waals surface area contributed by atoms with Crippen LogP contribution < -0.4 is 14.8 Å². The lowest BCUT2D eigenvalue weighted by Crippen LogP contribution is -2.34. The number of hydrogen-bond donors (Lipinski definition) is 2. The van der Waals surface area contributed by atoms with Crippen LogP contribution in [-0.2, 0) is 14.3 Å². The van der Waals surface area contributed by atoms with Crippen LogP contribution in [0.2, 0.25) is 0 Å². The minimum atomic E-state index is -0.605. The SMILES string of the molecule is CCOc1cc([C@@H]2C(C(=O)OCCOc3ccccc3)=C(C)NC3=C2C(=O)CCC3)ccc1O. The first-order chi connectivity index (χ1) is 16.5. The molecular weight excluding hydrogens is 434 g/mol. The van der Waals surface area contributed by atoms with Crippen LogP contribution in [0, 0.1) is 0 Å². The van der Waals surface area contributed by atoms with Crippen LogP contribution in [0.4, 0.5) is 0 Å². The fraction of sp³-hybridized carbons (Fsp3) is 0.333. The molecule has 34 heavy (non-hydrogen) atoms. The number of nitrogens with one attached hydrogen (secondary N) is 1. The van der Waals surface area contributed by atoms with Gasteiger partial charge in [-0.2, -0.15) is 0 Å². The van der Waals surface area contributed by atoms with E-state index in [9.17, 15) is 14.7 Å². The number of allylic oxidation sites excluding steroid dienone is 3. The molecule has 0 fully saturated rings. The van der Waals surface area contributed by atoms with E-state index in [-0.39, 0.29) is 24.7 Å². The molecule has 1 heterocycles. The van der Waals surface area contributed by atoms with Crippen LogP contribution in [-0.4, -0.2) is 36.7 Å². The first-order valence-electron chi connectivity index (χ1n) is 11.5. The van der Waals surface area contributed by atoms with E-state index in [1.165, 1.54) is 6.07 Å². The minimum absolute atomic E-state index is 0.00611. The topological polar surface area (TPSA) is 94.1 Å². The molecule has 0 saturated carbocycles. The molecule has 0 saturated heterocycles. The third-order valence-electron chi connectivity index (χ3n) is 5.94. The van der Waals surface area contributed by atoms with Crippen LogP contribution in [0.15, 0.2) is 71.1 Å². The number of hydrogen-bond acceptors (Lipinski definition) is 7. The Morgan fingerprint density at radius 3 is 2.65 bits per heavy atom. The molecule has 0 aromatic heterocycles. The van der Waals surface area contributed by atoms with Gasteiger partial charge in [0, 0.05) is 29.3 Å². The van der Waals surface area contributed by atoms with Gasteiger partial charge in [-0.25, -0.2) is 4.79 Å². The second-order valence-electron chi connectivity index (χ2n) is 8.22. The number of ether oxygens (including phenoxy) is 3. The predicted octanol–water partition coefficient (Wildman–Crippen LogP) is 4.38. The molecule has 1 atom stereocenters. The van der Waals surface area contributed by atoms with Crippen LogP contribution in [0.3, 0.4) is 0 Å². The van der Waals surface area contributed by atoms with Crippen LogP contribution in [0.1, 0.15) is 44.6 Å². The first-order valence-corrected chi connectivity index (χ1v) is 11.5. The van der Waals surface area contributed by atoms with E-state index in [1.54, 1.807) is 12.1 Å². The van der Waals surface area contributed by atoms with Gasteiger partial charge < -0.3 is 24.6 Å². The molecule has 7 heteroatoms. The molecule has 7 nitrogen and oxygen atoms in total. The van der Waals surface area contributed by atoms with E-state index in [1.807, 2.05) is 44.2 Å². The van der Waals surface area contributed by atoms with Crippen molar-refractivity contribution < 1.29 is 28.9 Å². The third-order valence-corrected chi connectivity index (χ3v) is 5.94. The Hall–Kier alpha value is -3.74. The summed E-state index contributed by atoms with van der Waals surface area (Å²) in [6.07, 6.45) is 1.93. The molecule has 1 aliphatic heterocycles. The molecule has 0 bridgehead atoms. The quantitative estimate of drug-likeness (QED) is 0.443. The Labute approximate surface area is 199 Å². The minimum Gasteiger partial charge on any atom is -0.504 e. The normalized spacial score (nSPS) is 17.7. The standard InChI is InChI=1S/C27H29NO6/c1-3-32-23-16-18(12-13-21(23)29)25-24(17(2)28-20-10-7-11-22(30)26(20)25)27(31)34-15-14-33-19-8-5-4-6-9-19/h4-6,8-9,12-13,16,25,28-29H,3,7,10-11,14-15H2,1-2H3/t25-/m1/s1. The molecule has 2 N–H and O–H groups in total. The highest BCUT2D eigenvalue weighted by atomic mass is 16.6. The number of phenols is 1. The number of Topliss-reactive ketones (excluding diaryl/α,β-unsaturated/α-hetero) is 1. The second kappa shape index (κ2) is 10.5. The largest absolute Gasteiger partial charge is 0.504 e. The van der Waals surface area contributed by atoms with Gasteiger partial charge in [-0.05, 0) is 56.5 Å². The summed E-state index contributed by atoms with van der Waals surface area (Å²) < 4.78 is 16.7. The van der Waals surface area contributed by atoms with Crippen molar-refractivity contribution in [2.45, 2.75) is 39.0 Å². The third kappa shape index (κ3) is 4.93. The number of rotatable bonds is 8. The molecule has 2 aromatic rings. The molecule has 4 rings (SSSR count). The molecule has 2 aromatic carbocycles. The van der Waals surface area contributed by atoms with Crippen LogP contribution in [0.5, 0.6) is 17.2 Å². The van der Waals surface area contributed by atoms with Crippen molar-refractivity contribution in [1.29, 1.82) is 0 Å². The van der Waals surface area contributed by atoms with Gasteiger partial charge in [0.05, 0.1) is 12.2 Å². The Bertz CT molecular complexity index is 1140. The monoisotopic (exact) mass is 463 g/mol. The lowest BCUT2D eigenvalue weighted by Gasteiger charge is -2.34. The molecule has 0 radical (unpaired) electrons. The lowest BCUT2D eigenvalue weighted by molar-refractivity contribution is -0.140. The molecule has 0 spiro atoms. The number of benzene rings is 2. The Balaban J connectivity index is 1.61. The Morgan fingerprint density at radius 2 is 1.88 bits per heavy atom. The molecule has 2 aliphatic rings. The number of aromatic hydroxyl groups is 1. The summed E-state index contributed by atoms with van der Waals surface area (Å²) in [6.45, 7) is 4.29. The van der Waals surface area contributed by atoms with Crippen LogP contribution in [0.25, 0.3) is 0 Å². The van der Waals surface area contributed by atoms with Gasteiger partial charge in [-0.1, -0.05) is 24.3 Å². The van der Waals surface area contributed by atoms with E-state index >= 15 is 0 Å². The highest BCUT2D eigenvalue weighted by Crippen LogP contribution is 2.44. The van der Waals surface area contributed by atoms with Gasteiger partial charge >= 0.3 is 5.97 Å². The number of carbonyl (C=O) groups excluding carboxylic acids is 2. The average molecular weight is 464 g/mol. The van der Waals surface area contributed by atoms with Gasteiger partial charge in [0.1, 0.15) is 19.0 Å². The zero-order chi connectivity index (χ0) is 24.1. The van der Waals surface area contributed by atoms with Crippen molar-refractivity contribution in [3.63, 3.8) is 0 Å². The maximum Gasteiger partial charge on any atom is 0.336 e. The van der Waals surface area contributed by atoms with Crippen molar-refractivity contribution >= 4 is 11.8 Å². The highest BCUT2D eigenvalue weighted by Gasteiger charge is 2.39. The van der Waals surface area contributed by atoms with E-state index < -0.39 is 11.9 Å². The van der Waals surface area contributed by atoms with Gasteiger partial charge in [0.15, 0.2) is 17.3 Å². The molecule has 178 valence electrons. The van der Waals surface area contributed by atoms with Crippen molar-refractivity contribution in [1.82, 2.24) is 5.32 Å². The summed E-state index contributed by atoms with van der Waals surface area (Å²) in [4.78, 5) is 26.3. The lowest BCUT2D eigenvalue weighted by atomic mass is 9.75. The molecular formula is C27H29NO6. The highest BCUT2D eigenvalue weighted by molar-refractivity contribution is 6.03. The van der Waals surface area contributed by atoms with Crippen molar-refractivity contribution in [3.8, 4) is 17.2 Å². The zero-order valence-corrected chi connectivity index (χ0v) is 19.4. The van der Waals surface area contributed by atoms with E-state index in [0.29, 0.717) is 46.9 Å². The summed E-state index contributed by atoms with van der Waals surface area (Å²) in [5.74, 6) is -0.0949. The molecule has 1 aliphatic carbocycles. The Kier molecular flexibility index (Phi) is 7.21. The van der Waals surface area contributed by atoms with Crippen molar-refractivity contribution in [3.05, 3.63) is 76.6 Å². The summed E-state index contributed by atoms with van der Waals surface area (Å²) in [5, 5.41) is 13.5. The maximum absolute atomic E-state index is 13.3. The zero-order valence-electron chi connectivity index (χ0n) is 19.4. The number of carbonyl (C=O) groups is 2. The number of phenolic OH excluding ortho intramolecular Hbond substituents is 1. The molecule has 0 unspecified atom stereocenters. The van der Waals surface area contributed by atoms with Gasteiger partial charge in [-0.3, -0.25) is 4.79 Å².